The van der Waals surface area contributed by atoms with Crippen LogP contribution in [0.5, 0.6) is 0 Å². The summed E-state index contributed by atoms with van der Waals surface area (Å²) in [5.41, 5.74) is 0.303. The van der Waals surface area contributed by atoms with Crippen molar-refractivity contribution in [1.82, 2.24) is 29.4 Å². The molecule has 0 spiro atoms. The molecule has 0 atom stereocenters. The molecule has 0 aliphatic heterocycles. The lowest BCUT2D eigenvalue weighted by atomic mass is 10.1. The Balaban J connectivity index is 1.98. The molecule has 0 unspecified atom stereocenters. The lowest BCUT2D eigenvalue weighted by Crippen LogP contribution is -2.05. The van der Waals surface area contributed by atoms with Crippen molar-refractivity contribution in [2.24, 2.45) is 7.05 Å². The molecule has 10 heteroatoms. The Hall–Kier alpha value is -2.68. The SMILES string of the molecule is Cn1cc(-c2nc3c4ccc(C(F)(F)F)cc4nc(Cl)n3n2)cn1. The lowest BCUT2D eigenvalue weighted by Gasteiger charge is -2.07. The highest BCUT2D eigenvalue weighted by Gasteiger charge is 2.31. The molecule has 24 heavy (non-hydrogen) atoms. The Morgan fingerprint density at radius 1 is 1.17 bits per heavy atom. The number of hydrogen-bond donors (Lipinski definition) is 0. The molecule has 0 bridgehead atoms. The van der Waals surface area contributed by atoms with Crippen LogP contribution in [0.1, 0.15) is 5.56 Å². The van der Waals surface area contributed by atoms with E-state index in [0.29, 0.717) is 22.4 Å². The van der Waals surface area contributed by atoms with E-state index in [0.717, 1.165) is 12.1 Å². The molecule has 0 aliphatic carbocycles. The first kappa shape index (κ1) is 14.9. The van der Waals surface area contributed by atoms with Gasteiger partial charge in [-0.05, 0) is 29.8 Å². The Bertz CT molecular complexity index is 1080. The smallest absolute Gasteiger partial charge is 0.275 e. The summed E-state index contributed by atoms with van der Waals surface area (Å²) in [6, 6.07) is 3.24. The van der Waals surface area contributed by atoms with Crippen LogP contribution in [0.2, 0.25) is 5.28 Å². The number of benzene rings is 1. The second-order valence-electron chi connectivity index (χ2n) is 5.18. The number of aryl methyl sites for hydroxylation is 1. The molecule has 3 aromatic heterocycles. The predicted molar refractivity (Wildman–Crippen MR) is 80.5 cm³/mol. The van der Waals surface area contributed by atoms with Crippen LogP contribution in [0.3, 0.4) is 0 Å². The van der Waals surface area contributed by atoms with Gasteiger partial charge in [0, 0.05) is 18.6 Å². The first-order valence-electron chi connectivity index (χ1n) is 6.75. The maximum absolute atomic E-state index is 12.9. The van der Waals surface area contributed by atoms with Gasteiger partial charge in [-0.1, -0.05) is 0 Å². The second kappa shape index (κ2) is 4.91. The average Bonchev–Trinajstić information content (AvgIpc) is 3.12. The summed E-state index contributed by atoms with van der Waals surface area (Å²) in [7, 11) is 1.75. The Labute approximate surface area is 137 Å². The molecular weight excluding hydrogens is 345 g/mol. The summed E-state index contributed by atoms with van der Waals surface area (Å²) in [5, 5.41) is 8.65. The number of rotatable bonds is 1. The van der Waals surface area contributed by atoms with Gasteiger partial charge in [0.05, 0.1) is 22.8 Å². The number of alkyl halides is 3. The monoisotopic (exact) mass is 352 g/mol. The van der Waals surface area contributed by atoms with Gasteiger partial charge in [-0.15, -0.1) is 5.10 Å². The summed E-state index contributed by atoms with van der Waals surface area (Å²) in [4.78, 5) is 8.37. The number of fused-ring (bicyclic) bond motifs is 3. The summed E-state index contributed by atoms with van der Waals surface area (Å²) in [6.07, 6.45) is -1.15. The first-order chi connectivity index (χ1) is 11.3. The van der Waals surface area contributed by atoms with Crippen molar-refractivity contribution in [2.75, 3.05) is 0 Å². The zero-order valence-electron chi connectivity index (χ0n) is 12.1. The fourth-order valence-corrected chi connectivity index (χ4v) is 2.62. The van der Waals surface area contributed by atoms with Crippen molar-refractivity contribution in [3.05, 3.63) is 41.4 Å². The van der Waals surface area contributed by atoms with E-state index in [9.17, 15) is 13.2 Å². The normalized spacial score (nSPS) is 12.4. The van der Waals surface area contributed by atoms with Crippen LogP contribution < -0.4 is 0 Å². The number of hydrogen-bond acceptors (Lipinski definition) is 4. The summed E-state index contributed by atoms with van der Waals surface area (Å²) in [6.45, 7) is 0. The van der Waals surface area contributed by atoms with Crippen molar-refractivity contribution >= 4 is 28.2 Å². The highest BCUT2D eigenvalue weighted by molar-refractivity contribution is 6.29. The molecule has 0 saturated heterocycles. The fraction of sp³-hybridized carbons (Fsp3) is 0.143. The topological polar surface area (TPSA) is 60.9 Å². The maximum Gasteiger partial charge on any atom is 0.416 e. The van der Waals surface area contributed by atoms with Crippen LogP contribution in [0, 0.1) is 0 Å². The van der Waals surface area contributed by atoms with Gasteiger partial charge in [-0.2, -0.15) is 22.8 Å². The second-order valence-corrected chi connectivity index (χ2v) is 5.52. The third kappa shape index (κ3) is 2.28. The zero-order valence-corrected chi connectivity index (χ0v) is 12.8. The van der Waals surface area contributed by atoms with E-state index in [1.165, 1.54) is 10.6 Å². The third-order valence-electron chi connectivity index (χ3n) is 3.52. The lowest BCUT2D eigenvalue weighted by molar-refractivity contribution is -0.137. The molecule has 3 heterocycles. The summed E-state index contributed by atoms with van der Waals surface area (Å²) < 4.78 is 41.4. The van der Waals surface area contributed by atoms with Gasteiger partial charge in [-0.3, -0.25) is 4.68 Å². The maximum atomic E-state index is 12.9. The van der Waals surface area contributed by atoms with Crippen molar-refractivity contribution in [3.63, 3.8) is 0 Å². The largest absolute Gasteiger partial charge is 0.416 e. The molecule has 0 fully saturated rings. The Kier molecular flexibility index (Phi) is 3.04. The van der Waals surface area contributed by atoms with Crippen molar-refractivity contribution in [2.45, 2.75) is 6.18 Å². The molecular formula is C14H8ClF3N6. The third-order valence-corrected chi connectivity index (χ3v) is 3.77. The van der Waals surface area contributed by atoms with Crippen molar-refractivity contribution in [3.8, 4) is 11.4 Å². The summed E-state index contributed by atoms with van der Waals surface area (Å²) in [5.74, 6) is 0.360. The van der Waals surface area contributed by atoms with Crippen LogP contribution in [0.4, 0.5) is 13.2 Å². The number of aromatic nitrogens is 6. The summed E-state index contributed by atoms with van der Waals surface area (Å²) >= 11 is 6.06. The minimum absolute atomic E-state index is 0.0699. The quantitative estimate of drug-likeness (QED) is 0.493. The molecule has 1 aromatic carbocycles. The molecule has 0 amide bonds. The zero-order chi connectivity index (χ0) is 17.1. The molecule has 6 nitrogen and oxygen atoms in total. The van der Waals surface area contributed by atoms with Gasteiger partial charge in [-0.25, -0.2) is 9.97 Å². The first-order valence-corrected chi connectivity index (χ1v) is 7.13. The van der Waals surface area contributed by atoms with Crippen LogP contribution in [0.25, 0.3) is 27.9 Å². The molecule has 0 radical (unpaired) electrons. The van der Waals surface area contributed by atoms with Gasteiger partial charge < -0.3 is 0 Å². The molecule has 4 rings (SSSR count). The predicted octanol–water partition coefficient (Wildman–Crippen LogP) is 3.35. The van der Waals surface area contributed by atoms with E-state index in [-0.39, 0.29) is 10.8 Å². The van der Waals surface area contributed by atoms with E-state index < -0.39 is 11.7 Å². The molecule has 0 aliphatic rings. The van der Waals surface area contributed by atoms with E-state index in [1.54, 1.807) is 24.1 Å². The van der Waals surface area contributed by atoms with Gasteiger partial charge in [0.1, 0.15) is 0 Å². The molecule has 0 N–H and O–H groups in total. The minimum atomic E-state index is -4.46. The highest BCUT2D eigenvalue weighted by Crippen LogP contribution is 2.32. The van der Waals surface area contributed by atoms with E-state index in [2.05, 4.69) is 20.2 Å². The number of nitrogens with zero attached hydrogens (tertiary/aromatic N) is 6. The van der Waals surface area contributed by atoms with Gasteiger partial charge in [0.25, 0.3) is 0 Å². The van der Waals surface area contributed by atoms with E-state index in [4.69, 9.17) is 11.6 Å². The van der Waals surface area contributed by atoms with Crippen LogP contribution in [-0.2, 0) is 13.2 Å². The van der Waals surface area contributed by atoms with Crippen molar-refractivity contribution in [1.29, 1.82) is 0 Å². The van der Waals surface area contributed by atoms with Crippen LogP contribution in [-0.4, -0.2) is 29.4 Å². The van der Waals surface area contributed by atoms with Crippen LogP contribution >= 0.6 is 11.6 Å². The Morgan fingerprint density at radius 3 is 2.62 bits per heavy atom. The number of halogens is 4. The van der Waals surface area contributed by atoms with Gasteiger partial charge in [0.15, 0.2) is 11.5 Å². The minimum Gasteiger partial charge on any atom is -0.275 e. The van der Waals surface area contributed by atoms with E-state index >= 15 is 0 Å². The molecule has 122 valence electrons. The highest BCUT2D eigenvalue weighted by atomic mass is 35.5. The average molecular weight is 353 g/mol. The standard InChI is InChI=1S/C14H8ClF3N6/c1-23-6-7(5-19-23)11-21-12-9-3-2-8(14(16,17)18)4-10(9)20-13(15)24(12)22-11/h2-6H,1H3. The van der Waals surface area contributed by atoms with Gasteiger partial charge >= 0.3 is 6.18 Å². The Morgan fingerprint density at radius 2 is 1.96 bits per heavy atom. The van der Waals surface area contributed by atoms with Crippen LogP contribution in [0.15, 0.2) is 30.6 Å². The fourth-order valence-electron chi connectivity index (χ4n) is 2.41. The van der Waals surface area contributed by atoms with Crippen molar-refractivity contribution < 1.29 is 13.2 Å². The molecule has 0 saturated carbocycles. The van der Waals surface area contributed by atoms with Gasteiger partial charge in [0.2, 0.25) is 5.28 Å². The molecule has 4 aromatic rings. The van der Waals surface area contributed by atoms with E-state index in [1.807, 2.05) is 0 Å².